The lowest BCUT2D eigenvalue weighted by Crippen LogP contribution is -2.77. The molecule has 0 unspecified atom stereocenters. The van der Waals surface area contributed by atoms with E-state index in [4.69, 9.17) is 18.9 Å². The minimum absolute atomic E-state index is 0.126. The second-order valence-corrected chi connectivity index (χ2v) is 9.39. The van der Waals surface area contributed by atoms with Crippen LogP contribution < -0.4 is 0 Å². The first-order valence-corrected chi connectivity index (χ1v) is 9.14. The summed E-state index contributed by atoms with van der Waals surface area (Å²) in [6.07, 6.45) is 0. The van der Waals surface area contributed by atoms with Crippen LogP contribution in [-0.4, -0.2) is 48.1 Å². The van der Waals surface area contributed by atoms with E-state index >= 15 is 0 Å². The van der Waals surface area contributed by atoms with Crippen molar-refractivity contribution in [3.63, 3.8) is 0 Å². The summed E-state index contributed by atoms with van der Waals surface area (Å²) in [4.78, 5) is 12.8. The van der Waals surface area contributed by atoms with Crippen LogP contribution in [0.4, 0.5) is 0 Å². The number of ether oxygens (including phenoxy) is 4. The zero-order valence-electron chi connectivity index (χ0n) is 12.2. The summed E-state index contributed by atoms with van der Waals surface area (Å²) in [6.45, 7) is 4.23. The number of hydrogen-bond acceptors (Lipinski definition) is 5. The molecule has 0 aromatic carbocycles. The molecule has 22 heavy (non-hydrogen) atoms. The summed E-state index contributed by atoms with van der Waals surface area (Å²) < 4.78 is 24.8. The van der Waals surface area contributed by atoms with Crippen molar-refractivity contribution in [1.29, 1.82) is 0 Å². The monoisotopic (exact) mass is 368 g/mol. The van der Waals surface area contributed by atoms with Crippen molar-refractivity contribution in [2.24, 2.45) is 40.9 Å². The summed E-state index contributed by atoms with van der Waals surface area (Å²) in [5.41, 5.74) is -0.440. The lowest BCUT2D eigenvalue weighted by atomic mass is 9.34. The van der Waals surface area contributed by atoms with Gasteiger partial charge in [0.15, 0.2) is 11.6 Å². The number of carbonyl (C=O) groups excluding carboxylic acids is 1. The third-order valence-corrected chi connectivity index (χ3v) is 9.96. The van der Waals surface area contributed by atoms with E-state index in [1.807, 2.05) is 0 Å². The maximum atomic E-state index is 12.8. The van der Waals surface area contributed by atoms with Crippen LogP contribution in [0.5, 0.6) is 0 Å². The molecule has 6 heteroatoms. The quantitative estimate of drug-likeness (QED) is 0.645. The van der Waals surface area contributed by atoms with Gasteiger partial charge in [0, 0.05) is 11.8 Å². The van der Waals surface area contributed by atoms with Crippen LogP contribution in [0.3, 0.4) is 0 Å². The Bertz CT molecular complexity index is 653. The van der Waals surface area contributed by atoms with E-state index in [9.17, 15) is 4.79 Å². The fourth-order valence-electron chi connectivity index (χ4n) is 8.55. The first-order chi connectivity index (χ1) is 10.6. The van der Waals surface area contributed by atoms with Gasteiger partial charge in [-0.25, -0.2) is 0 Å². The van der Waals surface area contributed by atoms with Crippen LogP contribution in [0.25, 0.3) is 0 Å². The Balaban J connectivity index is 1.54. The van der Waals surface area contributed by atoms with Crippen molar-refractivity contribution in [2.75, 3.05) is 26.4 Å². The molecule has 2 aliphatic heterocycles. The highest BCUT2D eigenvalue weighted by Gasteiger charge is 3.09. The molecule has 5 nitrogen and oxygen atoms in total. The summed E-state index contributed by atoms with van der Waals surface area (Å²) in [5.74, 6) is 1.01. The molecule has 6 aliphatic carbocycles. The van der Waals surface area contributed by atoms with Crippen molar-refractivity contribution in [3.8, 4) is 0 Å². The molecule has 8 atom stereocenters. The van der Waals surface area contributed by atoms with E-state index < -0.39 is 17.0 Å². The average molecular weight is 369 g/mol. The molecule has 2 saturated heterocycles. The smallest absolute Gasteiger partial charge is 0.188 e. The Morgan fingerprint density at radius 1 is 0.818 bits per heavy atom. The van der Waals surface area contributed by atoms with Gasteiger partial charge in [0.1, 0.15) is 5.78 Å². The number of hydrogen-bond donors (Lipinski definition) is 0. The van der Waals surface area contributed by atoms with Gasteiger partial charge in [-0.15, -0.1) is 0 Å². The van der Waals surface area contributed by atoms with Crippen LogP contribution in [-0.2, 0) is 23.7 Å². The van der Waals surface area contributed by atoms with Crippen molar-refractivity contribution < 1.29 is 23.7 Å². The molecule has 0 radical (unpaired) electrons. The molecule has 8 aliphatic rings. The Hall–Kier alpha value is -0.0100. The van der Waals surface area contributed by atoms with Crippen molar-refractivity contribution in [2.45, 2.75) is 22.8 Å². The molecule has 8 rings (SSSR count). The number of halogens is 1. The van der Waals surface area contributed by atoms with Gasteiger partial charge in [-0.2, -0.15) is 0 Å². The standard InChI is InChI=1S/C16H17BrO5/c1-6(18)13-7-9-8(13)11-12(15(13)19-2-3-20-15)10(7)14(9,17)16(11)21-4-5-22-16/h7-12H,2-5H2,1H3/t7-,8-,9-,10-,11-,12-,13+,14+/m1/s1. The summed E-state index contributed by atoms with van der Waals surface area (Å²) in [7, 11) is 0. The molecular weight excluding hydrogens is 352 g/mol. The van der Waals surface area contributed by atoms with E-state index in [1.54, 1.807) is 6.92 Å². The second-order valence-electron chi connectivity index (χ2n) is 8.08. The van der Waals surface area contributed by atoms with Crippen LogP contribution >= 0.6 is 15.9 Å². The predicted octanol–water partition coefficient (Wildman–Crippen LogP) is 0.947. The van der Waals surface area contributed by atoms with Crippen molar-refractivity contribution >= 4 is 21.7 Å². The van der Waals surface area contributed by atoms with Crippen LogP contribution in [0.2, 0.25) is 0 Å². The molecule has 6 saturated carbocycles. The average Bonchev–Trinajstić information content (AvgIpc) is 3.23. The Labute approximate surface area is 136 Å². The highest BCUT2D eigenvalue weighted by atomic mass is 79.9. The molecule has 0 aromatic rings. The van der Waals surface area contributed by atoms with Crippen LogP contribution in [0.1, 0.15) is 6.92 Å². The van der Waals surface area contributed by atoms with Gasteiger partial charge in [-0.1, -0.05) is 15.9 Å². The van der Waals surface area contributed by atoms with E-state index in [-0.39, 0.29) is 21.9 Å². The molecule has 2 heterocycles. The molecule has 4 bridgehead atoms. The van der Waals surface area contributed by atoms with Gasteiger partial charge in [0.25, 0.3) is 0 Å². The minimum atomic E-state index is -0.700. The maximum absolute atomic E-state index is 12.8. The van der Waals surface area contributed by atoms with Gasteiger partial charge in [0.05, 0.1) is 36.2 Å². The highest BCUT2D eigenvalue weighted by molar-refractivity contribution is 9.10. The Morgan fingerprint density at radius 3 is 1.86 bits per heavy atom. The summed E-state index contributed by atoms with van der Waals surface area (Å²) in [6, 6.07) is 0. The van der Waals surface area contributed by atoms with Gasteiger partial charge < -0.3 is 18.9 Å². The molecule has 0 aromatic heterocycles. The van der Waals surface area contributed by atoms with Gasteiger partial charge in [0.2, 0.25) is 0 Å². The van der Waals surface area contributed by atoms with Gasteiger partial charge in [-0.05, 0) is 30.6 Å². The zero-order chi connectivity index (χ0) is 14.7. The van der Waals surface area contributed by atoms with Gasteiger partial charge in [-0.3, -0.25) is 4.79 Å². The second kappa shape index (κ2) is 2.99. The first-order valence-electron chi connectivity index (χ1n) is 8.35. The van der Waals surface area contributed by atoms with Gasteiger partial charge >= 0.3 is 0 Å². The fraction of sp³-hybridized carbons (Fsp3) is 0.938. The lowest BCUT2D eigenvalue weighted by Gasteiger charge is -2.70. The minimum Gasteiger partial charge on any atom is -0.346 e. The van der Waals surface area contributed by atoms with E-state index in [0.29, 0.717) is 50.1 Å². The predicted molar refractivity (Wildman–Crippen MR) is 75.0 cm³/mol. The van der Waals surface area contributed by atoms with Crippen molar-refractivity contribution in [3.05, 3.63) is 0 Å². The Kier molecular flexibility index (Phi) is 1.68. The zero-order valence-corrected chi connectivity index (χ0v) is 13.8. The fourth-order valence-corrected chi connectivity index (χ4v) is 10.2. The number of ketones is 1. The first kappa shape index (κ1) is 12.4. The molecule has 0 N–H and O–H groups in total. The highest BCUT2D eigenvalue weighted by Crippen LogP contribution is 3.01. The van der Waals surface area contributed by atoms with Crippen LogP contribution in [0.15, 0.2) is 0 Å². The number of carbonyl (C=O) groups is 1. The third-order valence-electron chi connectivity index (χ3n) is 8.35. The van der Waals surface area contributed by atoms with Crippen molar-refractivity contribution in [1.82, 2.24) is 0 Å². The number of rotatable bonds is 1. The molecule has 0 amide bonds. The molecule has 118 valence electrons. The molecule has 8 fully saturated rings. The summed E-state index contributed by atoms with van der Waals surface area (Å²) >= 11 is 4.05. The van der Waals surface area contributed by atoms with E-state index in [0.717, 1.165) is 0 Å². The topological polar surface area (TPSA) is 54.0 Å². The Morgan fingerprint density at radius 2 is 1.27 bits per heavy atom. The lowest BCUT2D eigenvalue weighted by molar-refractivity contribution is -0.282. The number of Topliss-reactive ketones (excluding diaryl/α,β-unsaturated/α-hetero) is 1. The largest absolute Gasteiger partial charge is 0.346 e. The van der Waals surface area contributed by atoms with Crippen LogP contribution in [0, 0.1) is 40.9 Å². The molecular formula is C16H17BrO5. The third kappa shape index (κ3) is 0.693. The molecule has 2 spiro atoms. The SMILES string of the molecule is CC(=O)[C@]12[C@@H]3[C@@H]4[C@@H]1[C@@H]1[C@@H]([C@@H]3[C@]4(Br)C13OCCO3)C21OCCO1. The van der Waals surface area contributed by atoms with E-state index in [2.05, 4.69) is 15.9 Å². The normalized spacial score (nSPS) is 65.5. The number of alkyl halides is 1. The summed E-state index contributed by atoms with van der Waals surface area (Å²) in [5, 5.41) is 0. The van der Waals surface area contributed by atoms with E-state index in [1.165, 1.54) is 0 Å². The maximum Gasteiger partial charge on any atom is 0.188 e.